The van der Waals surface area contributed by atoms with E-state index in [1.54, 1.807) is 0 Å². The SMILES string of the molecule is CC(C)Nc1ccc2ccc(NC(=O)C3CCC(CN)CC3)nc2n1. The Balaban J connectivity index is 1.69. The quantitative estimate of drug-likeness (QED) is 0.777. The summed E-state index contributed by atoms with van der Waals surface area (Å²) in [6, 6.07) is 8.01. The summed E-state index contributed by atoms with van der Waals surface area (Å²) in [6.45, 7) is 4.85. The van der Waals surface area contributed by atoms with Crippen LogP contribution in [0.5, 0.6) is 0 Å². The zero-order valence-corrected chi connectivity index (χ0v) is 15.0. The summed E-state index contributed by atoms with van der Waals surface area (Å²) in [6.07, 6.45) is 3.88. The third-order valence-corrected chi connectivity index (χ3v) is 4.79. The van der Waals surface area contributed by atoms with Gasteiger partial charge in [-0.2, -0.15) is 0 Å². The predicted octanol–water partition coefficient (Wildman–Crippen LogP) is 3.15. The molecule has 0 saturated heterocycles. The summed E-state index contributed by atoms with van der Waals surface area (Å²) in [5.74, 6) is 2.03. The van der Waals surface area contributed by atoms with E-state index in [1.165, 1.54) is 0 Å². The Hall–Kier alpha value is -2.21. The first-order valence-corrected chi connectivity index (χ1v) is 9.10. The molecule has 2 aromatic rings. The molecule has 25 heavy (non-hydrogen) atoms. The van der Waals surface area contributed by atoms with Crippen LogP contribution in [0.4, 0.5) is 11.6 Å². The number of amides is 1. The van der Waals surface area contributed by atoms with Crippen molar-refractivity contribution in [1.29, 1.82) is 0 Å². The summed E-state index contributed by atoms with van der Waals surface area (Å²) in [5, 5.41) is 7.18. The number of nitrogens with zero attached hydrogens (tertiary/aromatic N) is 2. The van der Waals surface area contributed by atoms with E-state index in [0.717, 1.165) is 43.4 Å². The van der Waals surface area contributed by atoms with Crippen molar-refractivity contribution in [3.05, 3.63) is 24.3 Å². The van der Waals surface area contributed by atoms with Crippen LogP contribution in [-0.2, 0) is 4.79 Å². The number of nitrogens with two attached hydrogens (primary N) is 1. The van der Waals surface area contributed by atoms with E-state index >= 15 is 0 Å². The molecule has 3 rings (SSSR count). The van der Waals surface area contributed by atoms with Gasteiger partial charge in [0.1, 0.15) is 11.6 Å². The zero-order chi connectivity index (χ0) is 17.8. The number of hydrogen-bond donors (Lipinski definition) is 3. The summed E-state index contributed by atoms with van der Waals surface area (Å²) >= 11 is 0. The van der Waals surface area contributed by atoms with E-state index in [1.807, 2.05) is 24.3 Å². The lowest BCUT2D eigenvalue weighted by atomic mass is 9.81. The van der Waals surface area contributed by atoms with Crippen molar-refractivity contribution in [2.45, 2.75) is 45.6 Å². The number of hydrogen-bond acceptors (Lipinski definition) is 5. The van der Waals surface area contributed by atoms with E-state index in [-0.39, 0.29) is 11.8 Å². The minimum absolute atomic E-state index is 0.0544. The molecular formula is C19H27N5O. The Kier molecular flexibility index (Phi) is 5.48. The number of rotatable bonds is 5. The van der Waals surface area contributed by atoms with Crippen LogP contribution in [0, 0.1) is 11.8 Å². The highest BCUT2D eigenvalue weighted by Crippen LogP contribution is 2.29. The lowest BCUT2D eigenvalue weighted by Gasteiger charge is -2.26. The van der Waals surface area contributed by atoms with Gasteiger partial charge >= 0.3 is 0 Å². The molecule has 1 aliphatic carbocycles. The molecule has 6 heteroatoms. The van der Waals surface area contributed by atoms with Gasteiger partial charge in [0.2, 0.25) is 5.91 Å². The molecule has 0 aromatic carbocycles. The maximum atomic E-state index is 12.5. The number of nitrogens with one attached hydrogen (secondary N) is 2. The molecule has 134 valence electrons. The third-order valence-electron chi connectivity index (χ3n) is 4.79. The van der Waals surface area contributed by atoms with Crippen LogP contribution in [0.25, 0.3) is 11.0 Å². The van der Waals surface area contributed by atoms with Crippen molar-refractivity contribution in [2.24, 2.45) is 17.6 Å². The zero-order valence-electron chi connectivity index (χ0n) is 15.0. The van der Waals surface area contributed by atoms with Crippen molar-refractivity contribution in [1.82, 2.24) is 9.97 Å². The molecule has 0 bridgehead atoms. The molecule has 2 heterocycles. The van der Waals surface area contributed by atoms with Gasteiger partial charge in [-0.05, 0) is 76.3 Å². The second-order valence-electron chi connectivity index (χ2n) is 7.18. The number of anilines is 2. The molecule has 1 fully saturated rings. The van der Waals surface area contributed by atoms with Gasteiger partial charge in [-0.25, -0.2) is 9.97 Å². The van der Waals surface area contributed by atoms with Crippen molar-refractivity contribution < 1.29 is 4.79 Å². The van der Waals surface area contributed by atoms with Crippen molar-refractivity contribution >= 4 is 28.6 Å². The van der Waals surface area contributed by atoms with E-state index in [2.05, 4.69) is 34.4 Å². The molecule has 2 aromatic heterocycles. The lowest BCUT2D eigenvalue weighted by molar-refractivity contribution is -0.121. The van der Waals surface area contributed by atoms with Crippen molar-refractivity contribution in [3.8, 4) is 0 Å². The second kappa shape index (κ2) is 7.78. The molecule has 0 aliphatic heterocycles. The Labute approximate surface area is 148 Å². The summed E-state index contributed by atoms with van der Waals surface area (Å²) in [5.41, 5.74) is 6.36. The fraction of sp³-hybridized carbons (Fsp3) is 0.526. The second-order valence-corrected chi connectivity index (χ2v) is 7.18. The molecule has 6 nitrogen and oxygen atoms in total. The van der Waals surface area contributed by atoms with Gasteiger partial charge in [0.05, 0.1) is 0 Å². The van der Waals surface area contributed by atoms with Gasteiger partial charge in [-0.1, -0.05) is 0 Å². The van der Waals surface area contributed by atoms with E-state index in [9.17, 15) is 4.79 Å². The molecular weight excluding hydrogens is 314 g/mol. The minimum Gasteiger partial charge on any atom is -0.368 e. The van der Waals surface area contributed by atoms with Gasteiger partial charge in [-0.3, -0.25) is 4.79 Å². The van der Waals surface area contributed by atoms with E-state index < -0.39 is 0 Å². The fourth-order valence-electron chi connectivity index (χ4n) is 3.33. The van der Waals surface area contributed by atoms with Gasteiger partial charge < -0.3 is 16.4 Å². The number of pyridine rings is 2. The molecule has 1 aliphatic rings. The largest absolute Gasteiger partial charge is 0.368 e. The molecule has 0 spiro atoms. The lowest BCUT2D eigenvalue weighted by Crippen LogP contribution is -2.29. The molecule has 1 amide bonds. The van der Waals surface area contributed by atoms with Crippen LogP contribution in [0.2, 0.25) is 0 Å². The smallest absolute Gasteiger partial charge is 0.228 e. The van der Waals surface area contributed by atoms with Crippen LogP contribution < -0.4 is 16.4 Å². The maximum absolute atomic E-state index is 12.5. The van der Waals surface area contributed by atoms with Crippen LogP contribution in [-0.4, -0.2) is 28.5 Å². The molecule has 1 saturated carbocycles. The van der Waals surface area contributed by atoms with Crippen molar-refractivity contribution in [2.75, 3.05) is 17.2 Å². The molecule has 4 N–H and O–H groups in total. The molecule has 0 radical (unpaired) electrons. The summed E-state index contributed by atoms with van der Waals surface area (Å²) in [4.78, 5) is 21.5. The maximum Gasteiger partial charge on any atom is 0.228 e. The Bertz CT molecular complexity index is 738. The average molecular weight is 341 g/mol. The highest BCUT2D eigenvalue weighted by Gasteiger charge is 2.25. The first-order valence-electron chi connectivity index (χ1n) is 9.10. The van der Waals surface area contributed by atoms with E-state index in [4.69, 9.17) is 5.73 Å². The average Bonchev–Trinajstić information content (AvgIpc) is 2.61. The third kappa shape index (κ3) is 4.45. The first kappa shape index (κ1) is 17.6. The van der Waals surface area contributed by atoms with Gasteiger partial charge in [-0.15, -0.1) is 0 Å². The summed E-state index contributed by atoms with van der Waals surface area (Å²) in [7, 11) is 0. The van der Waals surface area contributed by atoms with Crippen LogP contribution in [0.15, 0.2) is 24.3 Å². The van der Waals surface area contributed by atoms with Gasteiger partial charge in [0, 0.05) is 17.3 Å². The highest BCUT2D eigenvalue weighted by molar-refractivity contribution is 5.92. The van der Waals surface area contributed by atoms with Crippen LogP contribution in [0.1, 0.15) is 39.5 Å². The number of carbonyl (C=O) groups excluding carboxylic acids is 1. The first-order chi connectivity index (χ1) is 12.0. The topological polar surface area (TPSA) is 92.9 Å². The fourth-order valence-corrected chi connectivity index (χ4v) is 3.33. The number of fused-ring (bicyclic) bond motifs is 1. The van der Waals surface area contributed by atoms with Crippen LogP contribution in [0.3, 0.4) is 0 Å². The highest BCUT2D eigenvalue weighted by atomic mass is 16.1. The van der Waals surface area contributed by atoms with Gasteiger partial charge in [0.15, 0.2) is 5.65 Å². The Morgan fingerprint density at radius 1 is 1.12 bits per heavy atom. The van der Waals surface area contributed by atoms with Crippen molar-refractivity contribution in [3.63, 3.8) is 0 Å². The monoisotopic (exact) mass is 341 g/mol. The standard InChI is InChI=1S/C19H27N5O/c1-12(2)21-16-9-7-14-8-10-17(23-18(14)22-16)24-19(25)15-5-3-13(11-20)4-6-15/h7-10,12-13,15H,3-6,11,20H2,1-2H3,(H2,21,22,23,24,25). The van der Waals surface area contributed by atoms with Crippen LogP contribution >= 0.6 is 0 Å². The Morgan fingerprint density at radius 3 is 2.40 bits per heavy atom. The minimum atomic E-state index is 0.0544. The number of aromatic nitrogens is 2. The summed E-state index contributed by atoms with van der Waals surface area (Å²) < 4.78 is 0. The normalized spacial score (nSPS) is 20.6. The molecule has 0 atom stereocenters. The predicted molar refractivity (Wildman–Crippen MR) is 101 cm³/mol. The van der Waals surface area contributed by atoms with E-state index in [0.29, 0.717) is 23.4 Å². The molecule has 0 unspecified atom stereocenters. The van der Waals surface area contributed by atoms with Gasteiger partial charge in [0.25, 0.3) is 0 Å². The Morgan fingerprint density at radius 2 is 1.76 bits per heavy atom. The number of carbonyl (C=O) groups is 1.